The summed E-state index contributed by atoms with van der Waals surface area (Å²) in [5.41, 5.74) is 3.29. The first kappa shape index (κ1) is 17.5. The van der Waals surface area contributed by atoms with Gasteiger partial charge in [-0.25, -0.2) is 0 Å². The number of nitrogens with two attached hydrogens (primary N) is 1. The van der Waals surface area contributed by atoms with Crippen molar-refractivity contribution in [2.75, 3.05) is 0 Å². The molecular weight excluding hydrogens is 283 g/mol. The Kier molecular flexibility index (Phi) is 5.04. The van der Waals surface area contributed by atoms with E-state index in [9.17, 15) is 18.0 Å². The maximum atomic E-state index is 12.8. The lowest BCUT2D eigenvalue weighted by Gasteiger charge is -2.32. The first-order valence-corrected chi connectivity index (χ1v) is 6.54. The molecule has 3 nitrogen and oxygen atoms in total. The van der Waals surface area contributed by atoms with Crippen LogP contribution < -0.4 is 5.73 Å². The van der Waals surface area contributed by atoms with Crippen LogP contribution >= 0.6 is 0 Å². The van der Waals surface area contributed by atoms with Crippen molar-refractivity contribution in [1.82, 2.24) is 0 Å². The van der Waals surface area contributed by atoms with Crippen molar-refractivity contribution in [2.24, 2.45) is 5.73 Å². The van der Waals surface area contributed by atoms with Crippen LogP contribution in [0.1, 0.15) is 32.8 Å². The number of benzene rings is 1. The van der Waals surface area contributed by atoms with Crippen LogP contribution in [0.2, 0.25) is 0 Å². The maximum absolute atomic E-state index is 12.8. The zero-order chi connectivity index (χ0) is 16.3. The van der Waals surface area contributed by atoms with Gasteiger partial charge in [-0.1, -0.05) is 30.3 Å². The molecule has 1 rings (SSSR count). The van der Waals surface area contributed by atoms with Gasteiger partial charge >= 0.3 is 12.1 Å². The zero-order valence-corrected chi connectivity index (χ0v) is 12.3. The van der Waals surface area contributed by atoms with Gasteiger partial charge in [-0.15, -0.1) is 0 Å². The van der Waals surface area contributed by atoms with Crippen molar-refractivity contribution in [3.63, 3.8) is 0 Å². The minimum Gasteiger partial charge on any atom is -0.459 e. The normalized spacial score (nSPS) is 15.4. The van der Waals surface area contributed by atoms with Crippen LogP contribution in [0.3, 0.4) is 0 Å². The largest absolute Gasteiger partial charge is 0.459 e. The average Bonchev–Trinajstić information content (AvgIpc) is 2.25. The van der Waals surface area contributed by atoms with Gasteiger partial charge in [0, 0.05) is 6.42 Å². The molecule has 0 aliphatic carbocycles. The number of carbonyl (C=O) groups is 1. The van der Waals surface area contributed by atoms with Crippen LogP contribution in [-0.2, 0) is 16.0 Å². The Morgan fingerprint density at radius 2 is 1.67 bits per heavy atom. The van der Waals surface area contributed by atoms with Gasteiger partial charge in [-0.3, -0.25) is 4.79 Å². The Bertz CT molecular complexity index is 480. The van der Waals surface area contributed by atoms with Crippen LogP contribution in [0.4, 0.5) is 13.2 Å². The number of hydrogen-bond donors (Lipinski definition) is 1. The molecule has 2 N–H and O–H groups in total. The first-order chi connectivity index (χ1) is 9.41. The highest BCUT2D eigenvalue weighted by atomic mass is 19.4. The lowest BCUT2D eigenvalue weighted by molar-refractivity contribution is -0.179. The smallest absolute Gasteiger partial charge is 0.391 e. The number of hydrogen-bond acceptors (Lipinski definition) is 3. The Labute approximate surface area is 122 Å². The van der Waals surface area contributed by atoms with Crippen molar-refractivity contribution < 1.29 is 22.7 Å². The SMILES string of the molecule is CC(C)(C)OC(=O)[C@@](N)(Cc1ccccc1)CC(F)(F)F. The summed E-state index contributed by atoms with van der Waals surface area (Å²) in [6.07, 6.45) is -6.22. The van der Waals surface area contributed by atoms with Gasteiger partial charge in [-0.2, -0.15) is 13.2 Å². The van der Waals surface area contributed by atoms with E-state index in [0.717, 1.165) is 0 Å². The minimum absolute atomic E-state index is 0.234. The summed E-state index contributed by atoms with van der Waals surface area (Å²) in [6.45, 7) is 4.75. The Hall–Kier alpha value is -1.56. The third kappa shape index (κ3) is 6.16. The second kappa shape index (κ2) is 6.05. The van der Waals surface area contributed by atoms with E-state index >= 15 is 0 Å². The van der Waals surface area contributed by atoms with Gasteiger partial charge in [0.15, 0.2) is 0 Å². The summed E-state index contributed by atoms with van der Waals surface area (Å²) >= 11 is 0. The molecule has 1 atom stereocenters. The van der Waals surface area contributed by atoms with Crippen LogP contribution in [0.25, 0.3) is 0 Å². The number of rotatable bonds is 4. The van der Waals surface area contributed by atoms with Crippen molar-refractivity contribution in [1.29, 1.82) is 0 Å². The van der Waals surface area contributed by atoms with E-state index in [4.69, 9.17) is 10.5 Å². The van der Waals surface area contributed by atoms with E-state index in [-0.39, 0.29) is 6.42 Å². The molecule has 0 aliphatic rings. The van der Waals surface area contributed by atoms with Gasteiger partial charge in [0.25, 0.3) is 0 Å². The number of esters is 1. The second-order valence-corrected chi connectivity index (χ2v) is 6.11. The van der Waals surface area contributed by atoms with Crippen molar-refractivity contribution in [3.8, 4) is 0 Å². The summed E-state index contributed by atoms with van der Waals surface area (Å²) in [4.78, 5) is 12.1. The van der Waals surface area contributed by atoms with Gasteiger partial charge in [0.05, 0.1) is 6.42 Å². The molecular formula is C15H20F3NO2. The fourth-order valence-electron chi connectivity index (χ4n) is 1.90. The highest BCUT2D eigenvalue weighted by molar-refractivity contribution is 5.81. The molecule has 0 fully saturated rings. The van der Waals surface area contributed by atoms with Crippen molar-refractivity contribution in [3.05, 3.63) is 35.9 Å². The van der Waals surface area contributed by atoms with Crippen LogP contribution in [0, 0.1) is 0 Å². The summed E-state index contributed by atoms with van der Waals surface area (Å²) < 4.78 is 43.3. The van der Waals surface area contributed by atoms with Crippen LogP contribution in [0.15, 0.2) is 30.3 Å². The number of ether oxygens (including phenoxy) is 1. The fraction of sp³-hybridized carbons (Fsp3) is 0.533. The Morgan fingerprint density at radius 1 is 1.14 bits per heavy atom. The molecule has 0 saturated heterocycles. The van der Waals surface area contributed by atoms with Crippen LogP contribution in [0.5, 0.6) is 0 Å². The average molecular weight is 303 g/mol. The molecule has 0 saturated carbocycles. The third-order valence-electron chi connectivity index (χ3n) is 2.68. The molecule has 0 heterocycles. The summed E-state index contributed by atoms with van der Waals surface area (Å²) in [6, 6.07) is 8.35. The van der Waals surface area contributed by atoms with E-state index in [1.54, 1.807) is 51.1 Å². The zero-order valence-electron chi connectivity index (χ0n) is 12.3. The van der Waals surface area contributed by atoms with Gasteiger partial charge in [0.1, 0.15) is 11.1 Å². The summed E-state index contributed by atoms with van der Waals surface area (Å²) in [5, 5.41) is 0. The minimum atomic E-state index is -4.56. The number of carbonyl (C=O) groups excluding carboxylic acids is 1. The standard InChI is InChI=1S/C15H20F3NO2/c1-13(2,3)21-12(20)14(19,10-15(16,17)18)9-11-7-5-4-6-8-11/h4-8H,9-10,19H2,1-3H3/t14-/m1/s1. The molecule has 0 unspecified atom stereocenters. The molecule has 6 heteroatoms. The van der Waals surface area contributed by atoms with Gasteiger partial charge in [-0.05, 0) is 26.3 Å². The predicted octanol–water partition coefficient (Wildman–Crippen LogP) is 3.22. The topological polar surface area (TPSA) is 52.3 Å². The van der Waals surface area contributed by atoms with E-state index in [0.29, 0.717) is 5.56 Å². The van der Waals surface area contributed by atoms with E-state index in [2.05, 4.69) is 0 Å². The monoisotopic (exact) mass is 303 g/mol. The van der Waals surface area contributed by atoms with Gasteiger partial charge < -0.3 is 10.5 Å². The lowest BCUT2D eigenvalue weighted by atomic mass is 9.88. The number of alkyl halides is 3. The summed E-state index contributed by atoms with van der Waals surface area (Å²) in [5.74, 6) is -1.05. The van der Waals surface area contributed by atoms with E-state index in [1.807, 2.05) is 0 Å². The molecule has 0 spiro atoms. The fourth-order valence-corrected chi connectivity index (χ4v) is 1.90. The molecule has 118 valence electrons. The van der Waals surface area contributed by atoms with Crippen molar-refractivity contribution >= 4 is 5.97 Å². The Morgan fingerprint density at radius 3 is 2.10 bits per heavy atom. The molecule has 21 heavy (non-hydrogen) atoms. The predicted molar refractivity (Wildman–Crippen MR) is 73.6 cm³/mol. The first-order valence-electron chi connectivity index (χ1n) is 6.54. The molecule has 1 aromatic rings. The molecule has 0 amide bonds. The second-order valence-electron chi connectivity index (χ2n) is 6.11. The number of halogens is 3. The van der Waals surface area contributed by atoms with Crippen molar-refractivity contribution in [2.45, 2.75) is 50.9 Å². The van der Waals surface area contributed by atoms with E-state index < -0.39 is 29.7 Å². The molecule has 0 radical (unpaired) electrons. The molecule has 1 aromatic carbocycles. The molecule has 0 bridgehead atoms. The maximum Gasteiger partial charge on any atom is 0.391 e. The highest BCUT2D eigenvalue weighted by Crippen LogP contribution is 2.30. The molecule has 0 aromatic heterocycles. The third-order valence-corrected chi connectivity index (χ3v) is 2.68. The Balaban J connectivity index is 3.02. The van der Waals surface area contributed by atoms with E-state index in [1.165, 1.54) is 0 Å². The summed E-state index contributed by atoms with van der Waals surface area (Å²) in [7, 11) is 0. The highest BCUT2D eigenvalue weighted by Gasteiger charge is 2.47. The quantitative estimate of drug-likeness (QED) is 0.869. The lowest BCUT2D eigenvalue weighted by Crippen LogP contribution is -2.55. The molecule has 0 aliphatic heterocycles. The van der Waals surface area contributed by atoms with Gasteiger partial charge in [0.2, 0.25) is 0 Å². The van der Waals surface area contributed by atoms with Crippen LogP contribution in [-0.4, -0.2) is 23.3 Å².